The number of nitrogens with two attached hydrogens (primary N) is 1. The fourth-order valence-corrected chi connectivity index (χ4v) is 2.12. The van der Waals surface area contributed by atoms with E-state index in [1.54, 1.807) is 7.11 Å². The van der Waals surface area contributed by atoms with Crippen molar-refractivity contribution < 1.29 is 4.74 Å². The van der Waals surface area contributed by atoms with Crippen molar-refractivity contribution in [2.24, 2.45) is 0 Å². The van der Waals surface area contributed by atoms with Crippen molar-refractivity contribution >= 4 is 17.4 Å². The molecule has 1 aromatic rings. The predicted octanol–water partition coefficient (Wildman–Crippen LogP) is 3.31. The topological polar surface area (TPSA) is 35.2 Å². The second kappa shape index (κ2) is 5.91. The molecule has 2 N–H and O–H groups in total. The zero-order valence-electron chi connectivity index (χ0n) is 9.62. The average Bonchev–Trinajstić information content (AvgIpc) is 2.25. The van der Waals surface area contributed by atoms with Crippen molar-refractivity contribution in [2.75, 3.05) is 12.8 Å². The Morgan fingerprint density at radius 1 is 1.40 bits per heavy atom. The van der Waals surface area contributed by atoms with E-state index in [0.29, 0.717) is 5.25 Å². The molecule has 3 heteroatoms. The minimum atomic E-state index is 0.692. The van der Waals surface area contributed by atoms with Gasteiger partial charge >= 0.3 is 0 Å². The summed E-state index contributed by atoms with van der Waals surface area (Å²) in [5, 5.41) is 0.692. The average molecular weight is 225 g/mol. The number of rotatable bonds is 5. The van der Waals surface area contributed by atoms with Crippen LogP contribution in [-0.4, -0.2) is 12.4 Å². The molecule has 0 fully saturated rings. The van der Waals surface area contributed by atoms with Gasteiger partial charge in [-0.1, -0.05) is 13.8 Å². The first kappa shape index (κ1) is 12.2. The Kier molecular flexibility index (Phi) is 4.82. The molecule has 0 aliphatic carbocycles. The molecular weight excluding hydrogens is 206 g/mol. The Morgan fingerprint density at radius 2 is 2.13 bits per heavy atom. The van der Waals surface area contributed by atoms with Crippen LogP contribution in [0.15, 0.2) is 18.2 Å². The van der Waals surface area contributed by atoms with Crippen LogP contribution in [0, 0.1) is 0 Å². The van der Waals surface area contributed by atoms with Gasteiger partial charge in [-0.2, -0.15) is 11.8 Å². The first-order valence-corrected chi connectivity index (χ1v) is 6.25. The fourth-order valence-electron chi connectivity index (χ4n) is 1.24. The Hall–Kier alpha value is -0.830. The molecule has 1 atom stereocenters. The molecule has 1 rings (SSSR count). The van der Waals surface area contributed by atoms with Gasteiger partial charge in [0.15, 0.2) is 0 Å². The van der Waals surface area contributed by atoms with Crippen LogP contribution >= 0.6 is 11.8 Å². The highest BCUT2D eigenvalue weighted by molar-refractivity contribution is 7.99. The summed E-state index contributed by atoms with van der Waals surface area (Å²) in [5.41, 5.74) is 7.79. The van der Waals surface area contributed by atoms with Gasteiger partial charge in [-0.05, 0) is 24.1 Å². The molecule has 0 saturated heterocycles. The van der Waals surface area contributed by atoms with Gasteiger partial charge in [-0.3, -0.25) is 0 Å². The van der Waals surface area contributed by atoms with Crippen molar-refractivity contribution in [1.82, 2.24) is 0 Å². The molecule has 84 valence electrons. The number of benzene rings is 1. The van der Waals surface area contributed by atoms with E-state index < -0.39 is 0 Å². The quantitative estimate of drug-likeness (QED) is 0.781. The van der Waals surface area contributed by atoms with Gasteiger partial charge in [0.1, 0.15) is 5.75 Å². The van der Waals surface area contributed by atoms with E-state index in [2.05, 4.69) is 13.8 Å². The van der Waals surface area contributed by atoms with Gasteiger partial charge in [0, 0.05) is 22.8 Å². The summed E-state index contributed by atoms with van der Waals surface area (Å²) < 4.78 is 5.18. The van der Waals surface area contributed by atoms with Crippen molar-refractivity contribution in [3.8, 4) is 5.75 Å². The summed E-state index contributed by atoms with van der Waals surface area (Å²) in [6.07, 6.45) is 1.20. The van der Waals surface area contributed by atoms with Crippen LogP contribution in [0.3, 0.4) is 0 Å². The Balaban J connectivity index is 2.64. The van der Waals surface area contributed by atoms with Gasteiger partial charge in [0.05, 0.1) is 7.11 Å². The largest absolute Gasteiger partial charge is 0.497 e. The normalized spacial score (nSPS) is 12.5. The number of thioether (sulfide) groups is 1. The third-order valence-electron chi connectivity index (χ3n) is 2.33. The summed E-state index contributed by atoms with van der Waals surface area (Å²) in [4.78, 5) is 0. The zero-order valence-corrected chi connectivity index (χ0v) is 10.4. The molecule has 0 aliphatic rings. The SMILES string of the molecule is CCC(C)SCc1cc(N)cc(OC)c1. The summed E-state index contributed by atoms with van der Waals surface area (Å²) in [5.74, 6) is 1.84. The minimum absolute atomic E-state index is 0.692. The first-order chi connectivity index (χ1) is 7.15. The first-order valence-electron chi connectivity index (χ1n) is 5.20. The molecule has 0 bridgehead atoms. The molecule has 15 heavy (non-hydrogen) atoms. The lowest BCUT2D eigenvalue weighted by Crippen LogP contribution is -1.95. The summed E-state index contributed by atoms with van der Waals surface area (Å²) >= 11 is 1.95. The van der Waals surface area contributed by atoms with Gasteiger partial charge in [0.2, 0.25) is 0 Å². The smallest absolute Gasteiger partial charge is 0.121 e. The molecule has 0 amide bonds. The van der Waals surface area contributed by atoms with Crippen LogP contribution in [0.1, 0.15) is 25.8 Å². The zero-order chi connectivity index (χ0) is 11.3. The lowest BCUT2D eigenvalue weighted by Gasteiger charge is -2.10. The monoisotopic (exact) mass is 225 g/mol. The molecule has 0 saturated carbocycles. The summed E-state index contributed by atoms with van der Waals surface area (Å²) in [6, 6.07) is 5.90. The lowest BCUT2D eigenvalue weighted by molar-refractivity contribution is 0.414. The number of ether oxygens (including phenoxy) is 1. The van der Waals surface area contributed by atoms with E-state index in [0.717, 1.165) is 17.2 Å². The van der Waals surface area contributed by atoms with Gasteiger partial charge in [-0.25, -0.2) is 0 Å². The van der Waals surface area contributed by atoms with E-state index in [1.165, 1.54) is 12.0 Å². The van der Waals surface area contributed by atoms with Crippen LogP contribution in [0.4, 0.5) is 5.69 Å². The highest BCUT2D eigenvalue weighted by Crippen LogP contribution is 2.24. The summed E-state index contributed by atoms with van der Waals surface area (Å²) in [7, 11) is 1.67. The Morgan fingerprint density at radius 3 is 2.73 bits per heavy atom. The van der Waals surface area contributed by atoms with Gasteiger partial charge < -0.3 is 10.5 Å². The van der Waals surface area contributed by atoms with Crippen molar-refractivity contribution in [3.63, 3.8) is 0 Å². The molecule has 2 nitrogen and oxygen atoms in total. The number of nitrogen functional groups attached to an aromatic ring is 1. The second-order valence-corrected chi connectivity index (χ2v) is 5.07. The van der Waals surface area contributed by atoms with E-state index in [-0.39, 0.29) is 0 Å². The maximum atomic E-state index is 5.78. The van der Waals surface area contributed by atoms with Crippen LogP contribution in [-0.2, 0) is 5.75 Å². The molecule has 0 heterocycles. The number of hydrogen-bond donors (Lipinski definition) is 1. The molecule has 0 aliphatic heterocycles. The summed E-state index contributed by atoms with van der Waals surface area (Å²) in [6.45, 7) is 4.45. The minimum Gasteiger partial charge on any atom is -0.497 e. The van der Waals surface area contributed by atoms with Crippen LogP contribution in [0.25, 0.3) is 0 Å². The van der Waals surface area contributed by atoms with Crippen LogP contribution in [0.2, 0.25) is 0 Å². The third kappa shape index (κ3) is 4.04. The van der Waals surface area contributed by atoms with E-state index in [1.807, 2.05) is 30.0 Å². The number of hydrogen-bond acceptors (Lipinski definition) is 3. The van der Waals surface area contributed by atoms with E-state index >= 15 is 0 Å². The maximum absolute atomic E-state index is 5.78. The van der Waals surface area contributed by atoms with Gasteiger partial charge in [-0.15, -0.1) is 0 Å². The number of anilines is 1. The molecule has 1 aromatic carbocycles. The van der Waals surface area contributed by atoms with Crippen LogP contribution < -0.4 is 10.5 Å². The van der Waals surface area contributed by atoms with E-state index in [9.17, 15) is 0 Å². The Labute approximate surface area is 96.2 Å². The standard InChI is InChI=1S/C12H19NOS/c1-4-9(2)15-8-10-5-11(13)7-12(6-10)14-3/h5-7,9H,4,8,13H2,1-3H3. The third-order valence-corrected chi connectivity index (χ3v) is 3.74. The van der Waals surface area contributed by atoms with E-state index in [4.69, 9.17) is 10.5 Å². The lowest BCUT2D eigenvalue weighted by atomic mass is 10.2. The van der Waals surface area contributed by atoms with Crippen molar-refractivity contribution in [2.45, 2.75) is 31.3 Å². The van der Waals surface area contributed by atoms with Crippen LogP contribution in [0.5, 0.6) is 5.75 Å². The Bertz CT molecular complexity index is 314. The molecule has 0 radical (unpaired) electrons. The second-order valence-electron chi connectivity index (χ2n) is 3.64. The maximum Gasteiger partial charge on any atom is 0.121 e. The van der Waals surface area contributed by atoms with Crippen molar-refractivity contribution in [1.29, 1.82) is 0 Å². The number of methoxy groups -OCH3 is 1. The molecule has 0 aromatic heterocycles. The highest BCUT2D eigenvalue weighted by Gasteiger charge is 2.03. The molecule has 0 spiro atoms. The predicted molar refractivity (Wildman–Crippen MR) is 68.5 cm³/mol. The highest BCUT2D eigenvalue weighted by atomic mass is 32.2. The molecule has 1 unspecified atom stereocenters. The van der Waals surface area contributed by atoms with Crippen molar-refractivity contribution in [3.05, 3.63) is 23.8 Å². The fraction of sp³-hybridized carbons (Fsp3) is 0.500. The molecular formula is C12H19NOS. The van der Waals surface area contributed by atoms with Gasteiger partial charge in [0.25, 0.3) is 0 Å².